The lowest BCUT2D eigenvalue weighted by Gasteiger charge is -2.35. The third-order valence-corrected chi connectivity index (χ3v) is 7.13. The van der Waals surface area contributed by atoms with Crippen LogP contribution in [0.3, 0.4) is 0 Å². The molecule has 0 saturated carbocycles. The summed E-state index contributed by atoms with van der Waals surface area (Å²) in [5.74, 6) is 0.684. The van der Waals surface area contributed by atoms with Gasteiger partial charge in [0.2, 0.25) is 5.91 Å². The molecule has 0 aromatic heterocycles. The van der Waals surface area contributed by atoms with E-state index in [4.69, 9.17) is 11.6 Å². The largest absolute Gasteiger partial charge is 0.353 e. The molecule has 2 aliphatic heterocycles. The van der Waals surface area contributed by atoms with Crippen molar-refractivity contribution in [2.45, 2.75) is 44.2 Å². The number of sulfone groups is 1. The smallest absolute Gasteiger partial charge is 0.220 e. The number of hydrogen-bond acceptors (Lipinski definition) is 4. The number of halogens is 1. The van der Waals surface area contributed by atoms with Crippen LogP contribution in [-0.4, -0.2) is 55.9 Å². The van der Waals surface area contributed by atoms with Crippen molar-refractivity contribution in [3.63, 3.8) is 0 Å². The summed E-state index contributed by atoms with van der Waals surface area (Å²) in [5.41, 5.74) is 1.07. The third-order valence-electron chi connectivity index (χ3n) is 5.15. The van der Waals surface area contributed by atoms with Gasteiger partial charge in [0.05, 0.1) is 11.5 Å². The van der Waals surface area contributed by atoms with Crippen molar-refractivity contribution >= 4 is 27.3 Å². The van der Waals surface area contributed by atoms with Crippen LogP contribution in [0.15, 0.2) is 24.3 Å². The molecule has 3 rings (SSSR count). The molecule has 25 heavy (non-hydrogen) atoms. The van der Waals surface area contributed by atoms with Crippen molar-refractivity contribution in [3.8, 4) is 0 Å². The van der Waals surface area contributed by atoms with Crippen LogP contribution in [0.4, 0.5) is 0 Å². The predicted molar refractivity (Wildman–Crippen MR) is 99.6 cm³/mol. The topological polar surface area (TPSA) is 66.5 Å². The first-order valence-electron chi connectivity index (χ1n) is 8.89. The van der Waals surface area contributed by atoms with Gasteiger partial charge in [0, 0.05) is 36.6 Å². The van der Waals surface area contributed by atoms with Crippen molar-refractivity contribution in [1.29, 1.82) is 0 Å². The van der Waals surface area contributed by atoms with E-state index in [1.54, 1.807) is 0 Å². The fraction of sp³-hybridized carbons (Fsp3) is 0.611. The Hall–Kier alpha value is -1.11. The summed E-state index contributed by atoms with van der Waals surface area (Å²) < 4.78 is 23.2. The van der Waals surface area contributed by atoms with Gasteiger partial charge < -0.3 is 5.32 Å². The van der Waals surface area contributed by atoms with Gasteiger partial charge in [0.1, 0.15) is 0 Å². The summed E-state index contributed by atoms with van der Waals surface area (Å²) in [7, 11) is -2.83. The number of likely N-dealkylation sites (tertiary alicyclic amines) is 1. The predicted octanol–water partition coefficient (Wildman–Crippen LogP) is 2.04. The minimum atomic E-state index is -2.83. The van der Waals surface area contributed by atoms with E-state index in [2.05, 4.69) is 10.2 Å². The number of nitrogens with one attached hydrogen (secondary N) is 1. The highest BCUT2D eigenvalue weighted by atomic mass is 35.5. The second kappa shape index (κ2) is 8.06. The number of aryl methyl sites for hydroxylation is 1. The van der Waals surface area contributed by atoms with E-state index in [0.29, 0.717) is 29.4 Å². The normalized spacial score (nSPS) is 24.3. The first-order valence-corrected chi connectivity index (χ1v) is 11.1. The van der Waals surface area contributed by atoms with Crippen LogP contribution in [0.25, 0.3) is 0 Å². The van der Waals surface area contributed by atoms with Gasteiger partial charge in [-0.2, -0.15) is 0 Å². The number of hydrogen-bond donors (Lipinski definition) is 1. The van der Waals surface area contributed by atoms with Gasteiger partial charge in [-0.25, -0.2) is 8.42 Å². The van der Waals surface area contributed by atoms with Crippen molar-refractivity contribution in [2.24, 2.45) is 0 Å². The van der Waals surface area contributed by atoms with E-state index in [1.165, 1.54) is 0 Å². The third kappa shape index (κ3) is 5.43. The molecule has 0 radical (unpaired) electrons. The molecular formula is C18H25ClN2O3S. The lowest BCUT2D eigenvalue weighted by Crippen LogP contribution is -2.48. The minimum absolute atomic E-state index is 0.0712. The number of nitrogens with zero attached hydrogens (tertiary/aromatic N) is 1. The fourth-order valence-electron chi connectivity index (χ4n) is 3.72. The monoisotopic (exact) mass is 384 g/mol. The Kier molecular flexibility index (Phi) is 6.02. The molecule has 2 saturated heterocycles. The van der Waals surface area contributed by atoms with E-state index in [0.717, 1.165) is 37.9 Å². The van der Waals surface area contributed by atoms with E-state index in [-0.39, 0.29) is 18.0 Å². The Labute approximate surface area is 154 Å². The van der Waals surface area contributed by atoms with Gasteiger partial charge >= 0.3 is 0 Å². The highest BCUT2D eigenvalue weighted by Crippen LogP contribution is 2.22. The number of carbonyl (C=O) groups excluding carboxylic acids is 1. The molecule has 138 valence electrons. The van der Waals surface area contributed by atoms with Crippen LogP contribution >= 0.6 is 11.6 Å². The molecule has 1 unspecified atom stereocenters. The highest BCUT2D eigenvalue weighted by molar-refractivity contribution is 7.91. The average molecular weight is 385 g/mol. The molecule has 7 heteroatoms. The summed E-state index contributed by atoms with van der Waals surface area (Å²) in [6.07, 6.45) is 3.67. The number of carbonyl (C=O) groups is 1. The number of rotatable bonds is 5. The lowest BCUT2D eigenvalue weighted by atomic mass is 10.0. The first kappa shape index (κ1) is 18.7. The Balaban J connectivity index is 1.39. The zero-order valence-electron chi connectivity index (χ0n) is 14.3. The van der Waals surface area contributed by atoms with Gasteiger partial charge in [-0.3, -0.25) is 9.69 Å². The van der Waals surface area contributed by atoms with Crippen molar-refractivity contribution in [1.82, 2.24) is 10.2 Å². The van der Waals surface area contributed by atoms with Crippen LogP contribution in [0.2, 0.25) is 5.02 Å². The molecule has 2 heterocycles. The Morgan fingerprint density at radius 1 is 1.24 bits per heavy atom. The number of benzene rings is 1. The molecule has 0 spiro atoms. The van der Waals surface area contributed by atoms with E-state index < -0.39 is 9.84 Å². The Morgan fingerprint density at radius 2 is 2.00 bits per heavy atom. The Morgan fingerprint density at radius 3 is 2.64 bits per heavy atom. The molecule has 1 atom stereocenters. The number of piperidine rings is 1. The van der Waals surface area contributed by atoms with E-state index in [1.807, 2.05) is 24.3 Å². The van der Waals surface area contributed by atoms with Gasteiger partial charge in [0.25, 0.3) is 0 Å². The number of amides is 1. The second-order valence-electron chi connectivity index (χ2n) is 7.06. The van der Waals surface area contributed by atoms with Crippen molar-refractivity contribution < 1.29 is 13.2 Å². The average Bonchev–Trinajstić information content (AvgIpc) is 2.94. The molecule has 1 aromatic carbocycles. The van der Waals surface area contributed by atoms with E-state index in [9.17, 15) is 13.2 Å². The standard InChI is InChI=1S/C18H25ClN2O3S/c19-15-3-1-2-14(12-15)4-5-18(22)20-16-6-9-21(10-7-16)17-8-11-25(23,24)13-17/h1-3,12,16-17H,4-11,13H2,(H,20,22). The summed E-state index contributed by atoms with van der Waals surface area (Å²) in [5, 5.41) is 3.81. The zero-order chi connectivity index (χ0) is 17.9. The maximum atomic E-state index is 12.2. The molecule has 5 nitrogen and oxygen atoms in total. The molecule has 0 bridgehead atoms. The minimum Gasteiger partial charge on any atom is -0.353 e. The quantitative estimate of drug-likeness (QED) is 0.843. The summed E-state index contributed by atoms with van der Waals surface area (Å²) in [6.45, 7) is 1.72. The summed E-state index contributed by atoms with van der Waals surface area (Å²) in [6, 6.07) is 7.96. The maximum Gasteiger partial charge on any atom is 0.220 e. The Bertz CT molecular complexity index is 715. The highest BCUT2D eigenvalue weighted by Gasteiger charge is 2.34. The van der Waals surface area contributed by atoms with Gasteiger partial charge in [-0.15, -0.1) is 0 Å². The van der Waals surface area contributed by atoms with Crippen LogP contribution in [-0.2, 0) is 21.1 Å². The van der Waals surface area contributed by atoms with Crippen molar-refractivity contribution in [3.05, 3.63) is 34.9 Å². The molecule has 2 fully saturated rings. The first-order chi connectivity index (χ1) is 11.9. The summed E-state index contributed by atoms with van der Waals surface area (Å²) >= 11 is 5.96. The molecule has 2 aliphatic rings. The molecular weight excluding hydrogens is 360 g/mol. The van der Waals surface area contributed by atoms with Crippen molar-refractivity contribution in [2.75, 3.05) is 24.6 Å². The fourth-order valence-corrected chi connectivity index (χ4v) is 5.70. The molecule has 0 aliphatic carbocycles. The van der Waals surface area contributed by atoms with Crippen LogP contribution in [0.1, 0.15) is 31.2 Å². The van der Waals surface area contributed by atoms with Crippen LogP contribution in [0, 0.1) is 0 Å². The van der Waals surface area contributed by atoms with Crippen LogP contribution < -0.4 is 5.32 Å². The zero-order valence-corrected chi connectivity index (χ0v) is 15.9. The molecule has 1 aromatic rings. The maximum absolute atomic E-state index is 12.2. The second-order valence-corrected chi connectivity index (χ2v) is 9.73. The van der Waals surface area contributed by atoms with Gasteiger partial charge in [0.15, 0.2) is 9.84 Å². The molecule has 1 amide bonds. The SMILES string of the molecule is O=C(CCc1cccc(Cl)c1)NC1CCN(C2CCS(=O)(=O)C2)CC1. The van der Waals surface area contributed by atoms with Gasteiger partial charge in [-0.05, 0) is 43.4 Å². The van der Waals surface area contributed by atoms with Crippen LogP contribution in [0.5, 0.6) is 0 Å². The van der Waals surface area contributed by atoms with Gasteiger partial charge in [-0.1, -0.05) is 23.7 Å². The lowest BCUT2D eigenvalue weighted by molar-refractivity contribution is -0.122. The van der Waals surface area contributed by atoms with E-state index >= 15 is 0 Å². The molecule has 1 N–H and O–H groups in total. The summed E-state index contributed by atoms with van der Waals surface area (Å²) in [4.78, 5) is 14.4.